The fourth-order valence-electron chi connectivity index (χ4n) is 2.89. The minimum atomic E-state index is -0.639. The Kier molecular flexibility index (Phi) is 7.22. The molecule has 0 atom stereocenters. The predicted octanol–water partition coefficient (Wildman–Crippen LogP) is 0.984. The highest BCUT2D eigenvalue weighted by Gasteiger charge is 2.26. The van der Waals surface area contributed by atoms with E-state index in [1.807, 2.05) is 0 Å². The Hall–Kier alpha value is -3.03. The summed E-state index contributed by atoms with van der Waals surface area (Å²) in [6.07, 6.45) is 3.82. The molecule has 0 spiro atoms. The second kappa shape index (κ2) is 9.61. The SMILES string of the molecule is COc1cccc(/C=C/C(=O)OCC(=O)N2CCC(C(N)=O)CC2)c1OC. The molecule has 1 fully saturated rings. The van der Waals surface area contributed by atoms with Crippen molar-refractivity contribution >= 4 is 23.9 Å². The van der Waals surface area contributed by atoms with E-state index in [1.165, 1.54) is 26.4 Å². The van der Waals surface area contributed by atoms with Crippen molar-refractivity contribution in [2.75, 3.05) is 33.9 Å². The van der Waals surface area contributed by atoms with E-state index < -0.39 is 5.97 Å². The molecule has 2 amide bonds. The van der Waals surface area contributed by atoms with Gasteiger partial charge in [0.15, 0.2) is 18.1 Å². The van der Waals surface area contributed by atoms with Crippen molar-refractivity contribution in [2.24, 2.45) is 11.7 Å². The smallest absolute Gasteiger partial charge is 0.331 e. The number of hydrogen-bond donors (Lipinski definition) is 1. The summed E-state index contributed by atoms with van der Waals surface area (Å²) in [5.74, 6) is -0.428. The van der Waals surface area contributed by atoms with E-state index in [2.05, 4.69) is 0 Å². The molecule has 2 rings (SSSR count). The molecule has 8 heteroatoms. The number of carbonyl (C=O) groups excluding carboxylic acids is 3. The highest BCUT2D eigenvalue weighted by Crippen LogP contribution is 2.31. The van der Waals surface area contributed by atoms with E-state index in [9.17, 15) is 14.4 Å². The number of ether oxygens (including phenoxy) is 3. The average molecular weight is 376 g/mol. The zero-order valence-corrected chi connectivity index (χ0v) is 15.5. The summed E-state index contributed by atoms with van der Waals surface area (Å²) < 4.78 is 15.5. The van der Waals surface area contributed by atoms with Crippen molar-refractivity contribution in [1.82, 2.24) is 4.90 Å². The predicted molar refractivity (Wildman–Crippen MR) is 98.0 cm³/mol. The Balaban J connectivity index is 1.85. The molecule has 0 aromatic heterocycles. The van der Waals surface area contributed by atoms with E-state index in [0.29, 0.717) is 43.0 Å². The number of esters is 1. The van der Waals surface area contributed by atoms with Gasteiger partial charge < -0.3 is 24.8 Å². The Labute approximate surface area is 157 Å². The second-order valence-corrected chi connectivity index (χ2v) is 6.08. The number of methoxy groups -OCH3 is 2. The van der Waals surface area contributed by atoms with E-state index in [1.54, 1.807) is 23.1 Å². The van der Waals surface area contributed by atoms with Gasteiger partial charge in [0.2, 0.25) is 5.91 Å². The van der Waals surface area contributed by atoms with Gasteiger partial charge in [0, 0.05) is 30.6 Å². The summed E-state index contributed by atoms with van der Waals surface area (Å²) in [7, 11) is 3.03. The first-order valence-electron chi connectivity index (χ1n) is 8.59. The van der Waals surface area contributed by atoms with Gasteiger partial charge in [-0.05, 0) is 25.0 Å². The Morgan fingerprint density at radius 2 is 1.89 bits per heavy atom. The highest BCUT2D eigenvalue weighted by atomic mass is 16.5. The molecule has 27 heavy (non-hydrogen) atoms. The molecule has 1 saturated heterocycles. The largest absolute Gasteiger partial charge is 0.493 e. The van der Waals surface area contributed by atoms with Crippen molar-refractivity contribution in [3.8, 4) is 11.5 Å². The third-order valence-corrected chi connectivity index (χ3v) is 4.42. The van der Waals surface area contributed by atoms with Crippen molar-refractivity contribution in [3.63, 3.8) is 0 Å². The molecule has 0 saturated carbocycles. The summed E-state index contributed by atoms with van der Waals surface area (Å²) in [5, 5.41) is 0. The lowest BCUT2D eigenvalue weighted by Crippen LogP contribution is -2.43. The van der Waals surface area contributed by atoms with Crippen LogP contribution in [0.1, 0.15) is 18.4 Å². The number of benzene rings is 1. The lowest BCUT2D eigenvalue weighted by atomic mass is 9.96. The van der Waals surface area contributed by atoms with Crippen LogP contribution in [0.5, 0.6) is 11.5 Å². The minimum absolute atomic E-state index is 0.197. The molecule has 1 aliphatic heterocycles. The Morgan fingerprint density at radius 1 is 1.19 bits per heavy atom. The van der Waals surface area contributed by atoms with Crippen LogP contribution in [-0.4, -0.2) is 56.6 Å². The van der Waals surface area contributed by atoms with Crippen LogP contribution in [-0.2, 0) is 19.1 Å². The topological polar surface area (TPSA) is 108 Å². The maximum Gasteiger partial charge on any atom is 0.331 e. The van der Waals surface area contributed by atoms with Crippen LogP contribution < -0.4 is 15.2 Å². The number of nitrogens with zero attached hydrogens (tertiary/aromatic N) is 1. The molecule has 8 nitrogen and oxygen atoms in total. The van der Waals surface area contributed by atoms with Gasteiger partial charge in [-0.2, -0.15) is 0 Å². The summed E-state index contributed by atoms with van der Waals surface area (Å²) in [5.41, 5.74) is 5.92. The van der Waals surface area contributed by atoms with Crippen molar-refractivity contribution in [1.29, 1.82) is 0 Å². The van der Waals surface area contributed by atoms with Crippen LogP contribution in [0.25, 0.3) is 6.08 Å². The quantitative estimate of drug-likeness (QED) is 0.561. The maximum atomic E-state index is 12.1. The first-order valence-corrected chi connectivity index (χ1v) is 8.59. The molecular formula is C19H24N2O6. The fourth-order valence-corrected chi connectivity index (χ4v) is 2.89. The van der Waals surface area contributed by atoms with Crippen molar-refractivity contribution in [3.05, 3.63) is 29.8 Å². The first kappa shape index (κ1) is 20.3. The van der Waals surface area contributed by atoms with Crippen LogP contribution in [0.15, 0.2) is 24.3 Å². The number of carbonyl (C=O) groups is 3. The number of amides is 2. The van der Waals surface area contributed by atoms with Crippen molar-refractivity contribution < 1.29 is 28.6 Å². The Morgan fingerprint density at radius 3 is 2.48 bits per heavy atom. The number of primary amides is 1. The maximum absolute atomic E-state index is 12.1. The lowest BCUT2D eigenvalue weighted by molar-refractivity contribution is -0.149. The number of likely N-dealkylation sites (tertiary alicyclic amines) is 1. The zero-order chi connectivity index (χ0) is 19.8. The molecule has 1 aromatic rings. The molecule has 0 aliphatic carbocycles. The molecule has 0 unspecified atom stereocenters. The summed E-state index contributed by atoms with van der Waals surface area (Å²) in [6, 6.07) is 5.28. The number of piperidine rings is 1. The van der Waals surface area contributed by atoms with Gasteiger partial charge in [0.1, 0.15) is 0 Å². The normalized spacial score (nSPS) is 14.8. The van der Waals surface area contributed by atoms with Crippen LogP contribution in [0, 0.1) is 5.92 Å². The number of nitrogens with two attached hydrogens (primary N) is 1. The summed E-state index contributed by atoms with van der Waals surface area (Å²) >= 11 is 0. The molecule has 0 bridgehead atoms. The van der Waals surface area contributed by atoms with Gasteiger partial charge in [-0.25, -0.2) is 4.79 Å². The first-order chi connectivity index (χ1) is 13.0. The van der Waals surface area contributed by atoms with Crippen LogP contribution in [0.4, 0.5) is 0 Å². The van der Waals surface area contributed by atoms with E-state index in [4.69, 9.17) is 19.9 Å². The van der Waals surface area contributed by atoms with E-state index >= 15 is 0 Å². The van der Waals surface area contributed by atoms with Gasteiger partial charge in [-0.1, -0.05) is 12.1 Å². The number of rotatable bonds is 7. The number of hydrogen-bond acceptors (Lipinski definition) is 6. The van der Waals surface area contributed by atoms with E-state index in [-0.39, 0.29) is 24.3 Å². The molecule has 1 aromatic carbocycles. The van der Waals surface area contributed by atoms with Gasteiger partial charge >= 0.3 is 5.97 Å². The third-order valence-electron chi connectivity index (χ3n) is 4.42. The number of para-hydroxylation sites is 1. The minimum Gasteiger partial charge on any atom is -0.493 e. The average Bonchev–Trinajstić information content (AvgIpc) is 2.69. The second-order valence-electron chi connectivity index (χ2n) is 6.08. The van der Waals surface area contributed by atoms with Gasteiger partial charge in [0.05, 0.1) is 14.2 Å². The van der Waals surface area contributed by atoms with Gasteiger partial charge in [0.25, 0.3) is 5.91 Å². The molecule has 146 valence electrons. The molecule has 2 N–H and O–H groups in total. The van der Waals surface area contributed by atoms with E-state index in [0.717, 1.165) is 0 Å². The molecule has 0 radical (unpaired) electrons. The summed E-state index contributed by atoms with van der Waals surface area (Å²) in [6.45, 7) is 0.515. The Bertz CT molecular complexity index is 723. The molecule has 1 aliphatic rings. The van der Waals surface area contributed by atoms with Gasteiger partial charge in [-0.15, -0.1) is 0 Å². The van der Waals surface area contributed by atoms with Crippen LogP contribution in [0.3, 0.4) is 0 Å². The monoisotopic (exact) mass is 376 g/mol. The standard InChI is InChI=1S/C19H24N2O6/c1-25-15-5-3-4-13(18(15)26-2)6-7-17(23)27-12-16(22)21-10-8-14(9-11-21)19(20)24/h3-7,14H,8-12H2,1-2H3,(H2,20,24)/b7-6+. The van der Waals surface area contributed by atoms with Gasteiger partial charge in [-0.3, -0.25) is 9.59 Å². The third kappa shape index (κ3) is 5.47. The van der Waals surface area contributed by atoms with Crippen molar-refractivity contribution in [2.45, 2.75) is 12.8 Å². The lowest BCUT2D eigenvalue weighted by Gasteiger charge is -2.30. The van der Waals surface area contributed by atoms with Crippen LogP contribution in [0.2, 0.25) is 0 Å². The highest BCUT2D eigenvalue weighted by molar-refractivity contribution is 5.90. The fraction of sp³-hybridized carbons (Fsp3) is 0.421. The molecular weight excluding hydrogens is 352 g/mol. The molecule has 1 heterocycles. The zero-order valence-electron chi connectivity index (χ0n) is 15.5. The van der Waals surface area contributed by atoms with Crippen LogP contribution >= 0.6 is 0 Å². The summed E-state index contributed by atoms with van der Waals surface area (Å²) in [4.78, 5) is 36.7.